The summed E-state index contributed by atoms with van der Waals surface area (Å²) in [6.07, 6.45) is -0.439. The van der Waals surface area contributed by atoms with Gasteiger partial charge in [0.05, 0.1) is 5.56 Å². The van der Waals surface area contributed by atoms with Gasteiger partial charge >= 0.3 is 12.3 Å². The van der Waals surface area contributed by atoms with Gasteiger partial charge in [-0.3, -0.25) is 9.69 Å². The summed E-state index contributed by atoms with van der Waals surface area (Å²) in [6.45, 7) is 7.75. The Morgan fingerprint density at radius 2 is 1.71 bits per heavy atom. The molecular formula is C26H36F3N3O3. The third kappa shape index (κ3) is 6.68. The summed E-state index contributed by atoms with van der Waals surface area (Å²) in [6, 6.07) is 5.90. The molecule has 1 aliphatic heterocycles. The number of halogens is 3. The fourth-order valence-corrected chi connectivity index (χ4v) is 5.66. The standard InChI is InChI=1S/C26H36F3N3O3/c1-25(2,3)35-24(34)31-18-7-9-19(10-8-18)32-14-20-21(15-32)22(20)23(33)30-12-11-16-5-4-6-17(13-16)26(27,28)29/h4-6,13,18-22H,7-12,14-15H2,1-3H3,(H,30,33)(H,31,34)/t18?,19?,20-,21+,22?. The van der Waals surface area contributed by atoms with Gasteiger partial charge in [-0.1, -0.05) is 18.2 Å². The van der Waals surface area contributed by atoms with Crippen LogP contribution in [0.3, 0.4) is 0 Å². The summed E-state index contributed by atoms with van der Waals surface area (Å²) in [5, 5.41) is 5.90. The number of hydrogen-bond acceptors (Lipinski definition) is 4. The van der Waals surface area contributed by atoms with Crippen molar-refractivity contribution in [1.29, 1.82) is 0 Å². The van der Waals surface area contributed by atoms with Gasteiger partial charge < -0.3 is 15.4 Å². The highest BCUT2D eigenvalue weighted by atomic mass is 19.4. The molecule has 0 aromatic heterocycles. The van der Waals surface area contributed by atoms with Crippen LogP contribution in [-0.4, -0.2) is 54.2 Å². The van der Waals surface area contributed by atoms with Crippen LogP contribution >= 0.6 is 0 Å². The van der Waals surface area contributed by atoms with E-state index in [1.165, 1.54) is 6.07 Å². The summed E-state index contributed by atoms with van der Waals surface area (Å²) < 4.78 is 43.9. The number of nitrogens with one attached hydrogen (secondary N) is 2. The van der Waals surface area contributed by atoms with Gasteiger partial charge in [0, 0.05) is 37.6 Å². The molecule has 2 aliphatic carbocycles. The van der Waals surface area contributed by atoms with Crippen LogP contribution in [0.5, 0.6) is 0 Å². The highest BCUT2D eigenvalue weighted by molar-refractivity contribution is 5.82. The Balaban J connectivity index is 1.14. The molecule has 1 unspecified atom stereocenters. The van der Waals surface area contributed by atoms with E-state index in [4.69, 9.17) is 4.74 Å². The molecule has 3 fully saturated rings. The molecule has 2 N–H and O–H groups in total. The first-order valence-electron chi connectivity index (χ1n) is 12.6. The van der Waals surface area contributed by atoms with Gasteiger partial charge in [-0.2, -0.15) is 13.2 Å². The molecule has 1 aromatic carbocycles. The number of ether oxygens (including phenoxy) is 1. The van der Waals surface area contributed by atoms with Crippen molar-refractivity contribution >= 4 is 12.0 Å². The molecule has 2 amide bonds. The number of likely N-dealkylation sites (tertiary alicyclic amines) is 1. The minimum absolute atomic E-state index is 0.0249. The molecule has 3 atom stereocenters. The Kier molecular flexibility index (Phi) is 7.36. The topological polar surface area (TPSA) is 70.7 Å². The molecule has 0 bridgehead atoms. The van der Waals surface area contributed by atoms with Gasteiger partial charge in [-0.25, -0.2) is 4.79 Å². The van der Waals surface area contributed by atoms with Crippen molar-refractivity contribution in [3.63, 3.8) is 0 Å². The lowest BCUT2D eigenvalue weighted by Crippen LogP contribution is -2.45. The average Bonchev–Trinajstić information content (AvgIpc) is 3.26. The molecule has 0 spiro atoms. The van der Waals surface area contributed by atoms with Crippen LogP contribution in [0.4, 0.5) is 18.0 Å². The normalized spacial score (nSPS) is 28.8. The Bertz CT molecular complexity index is 910. The maximum absolute atomic E-state index is 12.9. The van der Waals surface area contributed by atoms with Crippen molar-refractivity contribution in [2.75, 3.05) is 19.6 Å². The Hall–Kier alpha value is -2.29. The number of carbonyl (C=O) groups is 2. The van der Waals surface area contributed by atoms with E-state index in [0.717, 1.165) is 50.9 Å². The number of piperidine rings is 1. The fourth-order valence-electron chi connectivity index (χ4n) is 5.66. The maximum atomic E-state index is 12.9. The van der Waals surface area contributed by atoms with Crippen molar-refractivity contribution in [2.24, 2.45) is 17.8 Å². The van der Waals surface area contributed by atoms with Crippen molar-refractivity contribution in [2.45, 2.75) is 76.7 Å². The molecule has 6 nitrogen and oxygen atoms in total. The second-order valence-corrected chi connectivity index (χ2v) is 11.2. The highest BCUT2D eigenvalue weighted by Crippen LogP contribution is 2.52. The van der Waals surface area contributed by atoms with E-state index < -0.39 is 17.3 Å². The van der Waals surface area contributed by atoms with Crippen LogP contribution in [0.1, 0.15) is 57.6 Å². The molecule has 2 saturated carbocycles. The van der Waals surface area contributed by atoms with Crippen molar-refractivity contribution in [3.8, 4) is 0 Å². The Labute approximate surface area is 205 Å². The van der Waals surface area contributed by atoms with E-state index in [-0.39, 0.29) is 24.0 Å². The molecule has 3 aliphatic rings. The van der Waals surface area contributed by atoms with Crippen molar-refractivity contribution in [3.05, 3.63) is 35.4 Å². The van der Waals surface area contributed by atoms with Crippen LogP contribution in [0.25, 0.3) is 0 Å². The van der Waals surface area contributed by atoms with E-state index in [1.807, 2.05) is 20.8 Å². The largest absolute Gasteiger partial charge is 0.444 e. The van der Waals surface area contributed by atoms with Gasteiger partial charge in [-0.15, -0.1) is 0 Å². The molecule has 4 rings (SSSR count). The number of carbonyl (C=O) groups excluding carboxylic acids is 2. The van der Waals surface area contributed by atoms with Crippen LogP contribution in [0, 0.1) is 17.8 Å². The smallest absolute Gasteiger partial charge is 0.416 e. The van der Waals surface area contributed by atoms with Crippen molar-refractivity contribution in [1.82, 2.24) is 15.5 Å². The summed E-state index contributed by atoms with van der Waals surface area (Å²) in [5.41, 5.74) is -0.592. The summed E-state index contributed by atoms with van der Waals surface area (Å²) in [5.74, 6) is 0.803. The number of amides is 2. The maximum Gasteiger partial charge on any atom is 0.416 e. The number of benzene rings is 1. The van der Waals surface area contributed by atoms with Gasteiger partial charge in [0.1, 0.15) is 5.60 Å². The first-order valence-corrected chi connectivity index (χ1v) is 12.6. The molecule has 1 saturated heterocycles. The summed E-state index contributed by atoms with van der Waals surface area (Å²) in [7, 11) is 0. The molecule has 1 aromatic rings. The molecule has 1 heterocycles. The molecule has 194 valence electrons. The van der Waals surface area contributed by atoms with Crippen molar-refractivity contribution < 1.29 is 27.5 Å². The number of alkyl halides is 3. The van der Waals surface area contributed by atoms with E-state index in [1.54, 1.807) is 6.07 Å². The predicted octanol–water partition coefficient (Wildman–Crippen LogP) is 4.38. The molecule has 0 radical (unpaired) electrons. The van der Waals surface area contributed by atoms with Crippen LogP contribution in [-0.2, 0) is 22.1 Å². The predicted molar refractivity (Wildman–Crippen MR) is 126 cm³/mol. The lowest BCUT2D eigenvalue weighted by Gasteiger charge is -2.36. The highest BCUT2D eigenvalue weighted by Gasteiger charge is 2.59. The number of nitrogens with zero attached hydrogens (tertiary/aromatic N) is 1. The van der Waals surface area contributed by atoms with Gasteiger partial charge in [0.15, 0.2) is 0 Å². The van der Waals surface area contributed by atoms with Crippen LogP contribution in [0.2, 0.25) is 0 Å². The average molecular weight is 496 g/mol. The lowest BCUT2D eigenvalue weighted by atomic mass is 9.90. The SMILES string of the molecule is CC(C)(C)OC(=O)NC1CCC(N2C[C@@H]3C(C(=O)NCCc4cccc(C(F)(F)F)c4)[C@@H]3C2)CC1. The van der Waals surface area contributed by atoms with Gasteiger partial charge in [0.25, 0.3) is 0 Å². The quantitative estimate of drug-likeness (QED) is 0.615. The zero-order chi connectivity index (χ0) is 25.4. The number of hydrogen-bond donors (Lipinski definition) is 2. The number of fused-ring (bicyclic) bond motifs is 1. The Morgan fingerprint density at radius 3 is 2.31 bits per heavy atom. The Morgan fingerprint density at radius 1 is 1.06 bits per heavy atom. The number of rotatable bonds is 6. The van der Waals surface area contributed by atoms with E-state index in [2.05, 4.69) is 15.5 Å². The van der Waals surface area contributed by atoms with E-state index in [9.17, 15) is 22.8 Å². The minimum Gasteiger partial charge on any atom is -0.444 e. The minimum atomic E-state index is -4.36. The monoisotopic (exact) mass is 495 g/mol. The lowest BCUT2D eigenvalue weighted by molar-refractivity contribution is -0.137. The first-order chi connectivity index (χ1) is 16.4. The summed E-state index contributed by atoms with van der Waals surface area (Å²) in [4.78, 5) is 27.1. The van der Waals surface area contributed by atoms with Gasteiger partial charge in [-0.05, 0) is 76.3 Å². The second kappa shape index (κ2) is 9.99. The second-order valence-electron chi connectivity index (χ2n) is 11.2. The van der Waals surface area contributed by atoms with Gasteiger partial charge in [0.2, 0.25) is 5.91 Å². The van der Waals surface area contributed by atoms with E-state index in [0.29, 0.717) is 36.4 Å². The van der Waals surface area contributed by atoms with E-state index >= 15 is 0 Å². The first kappa shape index (κ1) is 25.8. The third-order valence-electron chi connectivity index (χ3n) is 7.43. The zero-order valence-electron chi connectivity index (χ0n) is 20.7. The summed E-state index contributed by atoms with van der Waals surface area (Å²) >= 11 is 0. The number of alkyl carbamates (subject to hydrolysis) is 1. The molecule has 35 heavy (non-hydrogen) atoms. The molecular weight excluding hydrogens is 459 g/mol. The third-order valence-corrected chi connectivity index (χ3v) is 7.43. The zero-order valence-corrected chi connectivity index (χ0v) is 20.7. The van der Waals surface area contributed by atoms with Crippen LogP contribution in [0.15, 0.2) is 24.3 Å². The van der Waals surface area contributed by atoms with Crippen LogP contribution < -0.4 is 10.6 Å². The molecule has 9 heteroatoms. The fraction of sp³-hybridized carbons (Fsp3) is 0.692.